The van der Waals surface area contributed by atoms with Crippen LogP contribution in [0.15, 0.2) is 9.78 Å². The molecule has 0 radical (unpaired) electrons. The molecule has 0 aliphatic heterocycles. The van der Waals surface area contributed by atoms with Crippen molar-refractivity contribution in [2.75, 3.05) is 25.6 Å². The number of ether oxygens (including phenoxy) is 1. The minimum atomic E-state index is -0.148. The van der Waals surface area contributed by atoms with Crippen LogP contribution in [0.3, 0.4) is 0 Å². The number of nitrogens with zero attached hydrogens (tertiary/aromatic N) is 3. The normalized spacial score (nSPS) is 11.7. The van der Waals surface area contributed by atoms with Crippen LogP contribution in [0, 0.1) is 0 Å². The third kappa shape index (κ3) is 3.09. The van der Waals surface area contributed by atoms with Gasteiger partial charge in [-0.1, -0.05) is 5.16 Å². The molecule has 0 aliphatic rings. The van der Waals surface area contributed by atoms with Gasteiger partial charge in [0.05, 0.1) is 0 Å². The fourth-order valence-corrected chi connectivity index (χ4v) is 0.943. The van der Waals surface area contributed by atoms with E-state index in [1.165, 1.54) is 0 Å². The van der Waals surface area contributed by atoms with Crippen molar-refractivity contribution in [3.8, 4) is 0 Å². The molecular formula is C7H13N5O3. The summed E-state index contributed by atoms with van der Waals surface area (Å²) in [5.41, 5.74) is 5.53. The Hall–Kier alpha value is -1.83. The fourth-order valence-electron chi connectivity index (χ4n) is 0.943. The molecule has 4 N–H and O–H groups in total. The molecule has 0 aromatic carbocycles. The molecule has 1 rings (SSSR count). The Morgan fingerprint density at radius 2 is 2.47 bits per heavy atom. The summed E-state index contributed by atoms with van der Waals surface area (Å²) in [6, 6.07) is 0. The Kier molecular flexibility index (Phi) is 4.35. The van der Waals surface area contributed by atoms with Crippen LogP contribution in [-0.4, -0.2) is 41.6 Å². The number of nitrogens with one attached hydrogen (secondary N) is 1. The van der Waals surface area contributed by atoms with Gasteiger partial charge in [0.15, 0.2) is 11.5 Å². The Labute approximate surface area is 86.0 Å². The van der Waals surface area contributed by atoms with Gasteiger partial charge in [0.2, 0.25) is 5.82 Å². The molecule has 84 valence electrons. The van der Waals surface area contributed by atoms with E-state index in [9.17, 15) is 0 Å². The highest BCUT2D eigenvalue weighted by atomic mass is 16.6. The molecule has 0 aliphatic carbocycles. The number of nitrogens with two attached hydrogens (primary N) is 1. The van der Waals surface area contributed by atoms with Crippen molar-refractivity contribution in [2.24, 2.45) is 10.9 Å². The molecule has 1 aromatic rings. The van der Waals surface area contributed by atoms with E-state index < -0.39 is 0 Å². The molecule has 0 unspecified atom stereocenters. The van der Waals surface area contributed by atoms with Gasteiger partial charge in [-0.25, -0.2) is 4.63 Å². The summed E-state index contributed by atoms with van der Waals surface area (Å²) in [5, 5.41) is 21.2. The maximum atomic E-state index is 8.45. The molecular weight excluding hydrogens is 202 g/mol. The van der Waals surface area contributed by atoms with Crippen LogP contribution in [0.25, 0.3) is 0 Å². The number of methoxy groups -OCH3 is 1. The maximum Gasteiger partial charge on any atom is 0.202 e. The Morgan fingerprint density at radius 3 is 3.13 bits per heavy atom. The van der Waals surface area contributed by atoms with Gasteiger partial charge in [-0.05, 0) is 16.7 Å². The largest absolute Gasteiger partial charge is 0.409 e. The van der Waals surface area contributed by atoms with Crippen LogP contribution in [0.1, 0.15) is 12.1 Å². The second-order valence-corrected chi connectivity index (χ2v) is 2.72. The van der Waals surface area contributed by atoms with Crippen molar-refractivity contribution >= 4 is 11.7 Å². The van der Waals surface area contributed by atoms with E-state index in [0.29, 0.717) is 19.0 Å². The van der Waals surface area contributed by atoms with Gasteiger partial charge in [0, 0.05) is 20.3 Å². The number of hydrogen-bond acceptors (Lipinski definition) is 7. The van der Waals surface area contributed by atoms with E-state index in [2.05, 4.69) is 25.4 Å². The number of hydrogen-bond donors (Lipinski definition) is 3. The fraction of sp³-hybridized carbons (Fsp3) is 0.571. The van der Waals surface area contributed by atoms with Crippen molar-refractivity contribution in [1.29, 1.82) is 0 Å². The molecule has 1 aromatic heterocycles. The zero-order chi connectivity index (χ0) is 11.1. The molecule has 15 heavy (non-hydrogen) atoms. The van der Waals surface area contributed by atoms with E-state index in [1.807, 2.05) is 0 Å². The summed E-state index contributed by atoms with van der Waals surface area (Å²) in [4.78, 5) is 0. The Bertz CT molecular complexity index is 324. The first-order chi connectivity index (χ1) is 7.29. The third-order valence-electron chi connectivity index (χ3n) is 1.66. The van der Waals surface area contributed by atoms with E-state index >= 15 is 0 Å². The third-order valence-corrected chi connectivity index (χ3v) is 1.66. The van der Waals surface area contributed by atoms with Crippen LogP contribution in [0.2, 0.25) is 0 Å². The Morgan fingerprint density at radius 1 is 1.67 bits per heavy atom. The van der Waals surface area contributed by atoms with Crippen LogP contribution < -0.4 is 11.1 Å². The zero-order valence-corrected chi connectivity index (χ0v) is 8.30. The highest BCUT2D eigenvalue weighted by Crippen LogP contribution is 2.08. The minimum absolute atomic E-state index is 0.148. The summed E-state index contributed by atoms with van der Waals surface area (Å²) in [6.45, 7) is 1.27. The van der Waals surface area contributed by atoms with Gasteiger partial charge in [-0.15, -0.1) is 0 Å². The zero-order valence-electron chi connectivity index (χ0n) is 8.30. The highest BCUT2D eigenvalue weighted by Gasteiger charge is 2.13. The summed E-state index contributed by atoms with van der Waals surface area (Å²) in [7, 11) is 1.62. The first-order valence-corrected chi connectivity index (χ1v) is 4.33. The number of oxime groups is 1. The average Bonchev–Trinajstić information content (AvgIpc) is 2.71. The van der Waals surface area contributed by atoms with Crippen molar-refractivity contribution in [3.63, 3.8) is 0 Å². The maximum absolute atomic E-state index is 8.45. The number of amidine groups is 1. The lowest BCUT2D eigenvalue weighted by atomic mass is 10.4. The smallest absolute Gasteiger partial charge is 0.202 e. The molecule has 0 saturated heterocycles. The minimum Gasteiger partial charge on any atom is -0.409 e. The van der Waals surface area contributed by atoms with Crippen LogP contribution >= 0.6 is 0 Å². The lowest BCUT2D eigenvalue weighted by Gasteiger charge is -2.02. The molecule has 8 heteroatoms. The lowest BCUT2D eigenvalue weighted by molar-refractivity contribution is 0.197. The predicted octanol–water partition coefficient (Wildman–Crippen LogP) is -0.387. The van der Waals surface area contributed by atoms with Gasteiger partial charge >= 0.3 is 0 Å². The van der Waals surface area contributed by atoms with Crippen LogP contribution in [-0.2, 0) is 4.74 Å². The first-order valence-electron chi connectivity index (χ1n) is 4.33. The van der Waals surface area contributed by atoms with Crippen molar-refractivity contribution in [1.82, 2.24) is 10.3 Å². The summed E-state index contributed by atoms with van der Waals surface area (Å²) in [5.74, 6) is 0.201. The molecule has 0 saturated carbocycles. The van der Waals surface area contributed by atoms with Crippen molar-refractivity contribution < 1.29 is 14.6 Å². The SMILES string of the molecule is COCCCNc1nonc1/C(N)=N/O. The molecule has 0 fully saturated rings. The van der Waals surface area contributed by atoms with Gasteiger partial charge in [0.25, 0.3) is 0 Å². The van der Waals surface area contributed by atoms with E-state index in [-0.39, 0.29) is 11.5 Å². The molecule has 0 bridgehead atoms. The topological polar surface area (TPSA) is 119 Å². The predicted molar refractivity (Wildman–Crippen MR) is 51.8 cm³/mol. The molecule has 0 spiro atoms. The quantitative estimate of drug-likeness (QED) is 0.194. The van der Waals surface area contributed by atoms with Crippen molar-refractivity contribution in [2.45, 2.75) is 6.42 Å². The number of rotatable bonds is 6. The summed E-state index contributed by atoms with van der Waals surface area (Å²) < 4.78 is 9.33. The number of aromatic nitrogens is 2. The second kappa shape index (κ2) is 5.81. The average molecular weight is 215 g/mol. The molecule has 0 atom stereocenters. The lowest BCUT2D eigenvalue weighted by Crippen LogP contribution is -2.17. The number of anilines is 1. The second-order valence-electron chi connectivity index (χ2n) is 2.72. The molecule has 0 amide bonds. The van der Waals surface area contributed by atoms with E-state index in [4.69, 9.17) is 15.7 Å². The highest BCUT2D eigenvalue weighted by molar-refractivity contribution is 5.99. The molecule has 1 heterocycles. The standard InChI is InChI=1S/C7H13N5O3/c1-14-4-2-3-9-7-5(6(8)10-13)11-15-12-7/h13H,2-4H2,1H3,(H2,8,10)(H,9,12). The van der Waals surface area contributed by atoms with Crippen LogP contribution in [0.4, 0.5) is 5.82 Å². The Balaban J connectivity index is 2.50. The van der Waals surface area contributed by atoms with Crippen LogP contribution in [0.5, 0.6) is 0 Å². The molecule has 8 nitrogen and oxygen atoms in total. The summed E-state index contributed by atoms with van der Waals surface area (Å²) >= 11 is 0. The van der Waals surface area contributed by atoms with Gasteiger partial charge in [0.1, 0.15) is 0 Å². The van der Waals surface area contributed by atoms with Gasteiger partial charge in [-0.3, -0.25) is 0 Å². The summed E-state index contributed by atoms with van der Waals surface area (Å²) in [6.07, 6.45) is 0.805. The monoisotopic (exact) mass is 215 g/mol. The van der Waals surface area contributed by atoms with E-state index in [0.717, 1.165) is 6.42 Å². The first kappa shape index (κ1) is 11.2. The van der Waals surface area contributed by atoms with E-state index in [1.54, 1.807) is 7.11 Å². The van der Waals surface area contributed by atoms with Gasteiger partial charge < -0.3 is 21.0 Å². The van der Waals surface area contributed by atoms with Crippen molar-refractivity contribution in [3.05, 3.63) is 5.69 Å². The van der Waals surface area contributed by atoms with Gasteiger partial charge in [-0.2, -0.15) is 0 Å².